The number of aliphatic imine (C=N–C) groups is 2. The molecule has 0 saturated carbocycles. The van der Waals surface area contributed by atoms with Crippen LogP contribution in [0.1, 0.15) is 20.8 Å². The first-order chi connectivity index (χ1) is 7.09. The second kappa shape index (κ2) is 3.68. The number of allylic oxidation sites excluding steroid dienone is 1. The Hall–Kier alpha value is -1.32. The predicted molar refractivity (Wildman–Crippen MR) is 63.1 cm³/mol. The summed E-state index contributed by atoms with van der Waals surface area (Å²) < 4.78 is 0. The molecule has 0 aromatic rings. The van der Waals surface area contributed by atoms with Crippen molar-refractivity contribution in [2.75, 3.05) is 20.1 Å². The zero-order chi connectivity index (χ0) is 11.0. The average Bonchev–Trinajstić information content (AvgIpc) is 2.32. The van der Waals surface area contributed by atoms with Gasteiger partial charge < -0.3 is 9.80 Å². The monoisotopic (exact) mass is 206 g/mol. The lowest BCUT2D eigenvalue weighted by molar-refractivity contribution is 0.175. The van der Waals surface area contributed by atoms with Crippen molar-refractivity contribution in [3.8, 4) is 0 Å². The summed E-state index contributed by atoms with van der Waals surface area (Å²) in [5.74, 6) is 1.06. The maximum atomic E-state index is 4.70. The molecule has 1 atom stereocenters. The van der Waals surface area contributed by atoms with Crippen molar-refractivity contribution in [1.29, 1.82) is 0 Å². The molecule has 0 aliphatic carbocycles. The van der Waals surface area contributed by atoms with Gasteiger partial charge in [0.1, 0.15) is 0 Å². The molecule has 82 valence electrons. The minimum Gasteiger partial charge on any atom is -0.337 e. The molecule has 0 radical (unpaired) electrons. The van der Waals surface area contributed by atoms with Gasteiger partial charge in [0.15, 0.2) is 6.29 Å². The van der Waals surface area contributed by atoms with Crippen molar-refractivity contribution in [2.24, 2.45) is 9.98 Å². The van der Waals surface area contributed by atoms with Gasteiger partial charge in [-0.15, -0.1) is 0 Å². The molecule has 4 heteroatoms. The maximum Gasteiger partial charge on any atom is 0.199 e. The SMILES string of the molecule is CC1=CN2CCN=C(C)N(C)C2N=C1C. The molecule has 0 saturated heterocycles. The van der Waals surface area contributed by atoms with E-state index < -0.39 is 0 Å². The lowest BCUT2D eigenvalue weighted by atomic mass is 10.2. The van der Waals surface area contributed by atoms with Gasteiger partial charge in [-0.1, -0.05) is 0 Å². The van der Waals surface area contributed by atoms with Gasteiger partial charge in [0, 0.05) is 25.5 Å². The number of rotatable bonds is 0. The fourth-order valence-electron chi connectivity index (χ4n) is 1.85. The molecule has 2 heterocycles. The van der Waals surface area contributed by atoms with Crippen LogP contribution < -0.4 is 0 Å². The van der Waals surface area contributed by atoms with Crippen molar-refractivity contribution in [1.82, 2.24) is 9.80 Å². The zero-order valence-corrected chi connectivity index (χ0v) is 9.86. The van der Waals surface area contributed by atoms with Gasteiger partial charge in [-0.2, -0.15) is 0 Å². The Labute approximate surface area is 91.0 Å². The fraction of sp³-hybridized carbons (Fsp3) is 0.636. The normalized spacial score (nSPS) is 26.4. The average molecular weight is 206 g/mol. The summed E-state index contributed by atoms with van der Waals surface area (Å²) in [6.07, 6.45) is 2.29. The molecule has 4 nitrogen and oxygen atoms in total. The van der Waals surface area contributed by atoms with Gasteiger partial charge in [-0.25, -0.2) is 4.99 Å². The third kappa shape index (κ3) is 1.76. The smallest absolute Gasteiger partial charge is 0.199 e. The molecule has 0 aromatic heterocycles. The highest BCUT2D eigenvalue weighted by molar-refractivity contribution is 5.98. The van der Waals surface area contributed by atoms with E-state index in [1.807, 2.05) is 14.0 Å². The number of fused-ring (bicyclic) bond motifs is 1. The molecule has 0 N–H and O–H groups in total. The Bertz CT molecular complexity index is 354. The number of hydrogen-bond donors (Lipinski definition) is 0. The Morgan fingerprint density at radius 2 is 2.07 bits per heavy atom. The number of nitrogens with zero attached hydrogens (tertiary/aromatic N) is 4. The van der Waals surface area contributed by atoms with Crippen molar-refractivity contribution < 1.29 is 0 Å². The van der Waals surface area contributed by atoms with E-state index in [2.05, 4.69) is 34.8 Å². The van der Waals surface area contributed by atoms with Crippen molar-refractivity contribution in [2.45, 2.75) is 27.1 Å². The molecular weight excluding hydrogens is 188 g/mol. The first-order valence-electron chi connectivity index (χ1n) is 5.32. The van der Waals surface area contributed by atoms with Crippen LogP contribution in [0.5, 0.6) is 0 Å². The molecule has 0 amide bonds. The summed E-state index contributed by atoms with van der Waals surface area (Å²) >= 11 is 0. The van der Waals surface area contributed by atoms with Crippen LogP contribution in [0.4, 0.5) is 0 Å². The first-order valence-corrected chi connectivity index (χ1v) is 5.32. The van der Waals surface area contributed by atoms with E-state index in [0.29, 0.717) is 0 Å². The van der Waals surface area contributed by atoms with Crippen LogP contribution in [0.15, 0.2) is 21.8 Å². The Balaban J connectivity index is 2.31. The molecule has 1 unspecified atom stereocenters. The summed E-state index contributed by atoms with van der Waals surface area (Å²) in [6.45, 7) is 8.01. The summed E-state index contributed by atoms with van der Waals surface area (Å²) in [7, 11) is 2.05. The van der Waals surface area contributed by atoms with Crippen LogP contribution in [0.3, 0.4) is 0 Å². The molecule has 0 bridgehead atoms. The maximum absolute atomic E-state index is 4.70. The van der Waals surface area contributed by atoms with E-state index in [1.165, 1.54) is 5.57 Å². The summed E-state index contributed by atoms with van der Waals surface area (Å²) in [6, 6.07) is 0. The van der Waals surface area contributed by atoms with Crippen LogP contribution in [0.2, 0.25) is 0 Å². The minimum atomic E-state index is 0.0972. The Morgan fingerprint density at radius 1 is 1.33 bits per heavy atom. The van der Waals surface area contributed by atoms with Crippen molar-refractivity contribution in [3.63, 3.8) is 0 Å². The van der Waals surface area contributed by atoms with Crippen LogP contribution in [-0.2, 0) is 0 Å². The molecule has 2 aliphatic rings. The molecule has 2 rings (SSSR count). The van der Waals surface area contributed by atoms with Gasteiger partial charge in [-0.05, 0) is 26.3 Å². The van der Waals surface area contributed by atoms with Crippen molar-refractivity contribution in [3.05, 3.63) is 11.8 Å². The predicted octanol–water partition coefficient (Wildman–Crippen LogP) is 1.31. The van der Waals surface area contributed by atoms with E-state index >= 15 is 0 Å². The van der Waals surface area contributed by atoms with Gasteiger partial charge in [0.2, 0.25) is 0 Å². The van der Waals surface area contributed by atoms with Gasteiger partial charge >= 0.3 is 0 Å². The lowest BCUT2D eigenvalue weighted by Crippen LogP contribution is -2.46. The van der Waals surface area contributed by atoms with Crippen LogP contribution in [-0.4, -0.2) is 47.8 Å². The van der Waals surface area contributed by atoms with Gasteiger partial charge in [0.25, 0.3) is 0 Å². The third-order valence-corrected chi connectivity index (χ3v) is 3.09. The van der Waals surface area contributed by atoms with Gasteiger partial charge in [-0.3, -0.25) is 4.99 Å². The van der Waals surface area contributed by atoms with E-state index in [9.17, 15) is 0 Å². The van der Waals surface area contributed by atoms with Crippen LogP contribution in [0, 0.1) is 0 Å². The van der Waals surface area contributed by atoms with E-state index in [-0.39, 0.29) is 6.29 Å². The molecule has 15 heavy (non-hydrogen) atoms. The quantitative estimate of drug-likeness (QED) is 0.598. The van der Waals surface area contributed by atoms with Crippen LogP contribution >= 0.6 is 0 Å². The first kappa shape index (κ1) is 10.2. The zero-order valence-electron chi connectivity index (χ0n) is 9.86. The highest BCUT2D eigenvalue weighted by Gasteiger charge is 2.26. The van der Waals surface area contributed by atoms with E-state index in [0.717, 1.165) is 24.6 Å². The second-order valence-corrected chi connectivity index (χ2v) is 4.15. The summed E-state index contributed by atoms with van der Waals surface area (Å²) in [5, 5.41) is 0. The fourth-order valence-corrected chi connectivity index (χ4v) is 1.85. The highest BCUT2D eigenvalue weighted by atomic mass is 15.5. The largest absolute Gasteiger partial charge is 0.337 e. The number of hydrogen-bond acceptors (Lipinski definition) is 4. The topological polar surface area (TPSA) is 31.2 Å². The van der Waals surface area contributed by atoms with Gasteiger partial charge in [0.05, 0.1) is 12.4 Å². The molecular formula is C11H18N4. The highest BCUT2D eigenvalue weighted by Crippen LogP contribution is 2.18. The Kier molecular flexibility index (Phi) is 2.50. The molecule has 0 spiro atoms. The van der Waals surface area contributed by atoms with Crippen LogP contribution in [0.25, 0.3) is 0 Å². The third-order valence-electron chi connectivity index (χ3n) is 3.09. The second-order valence-electron chi connectivity index (χ2n) is 4.15. The lowest BCUT2D eigenvalue weighted by Gasteiger charge is -2.36. The number of amidine groups is 1. The van der Waals surface area contributed by atoms with E-state index in [4.69, 9.17) is 4.99 Å². The standard InChI is InChI=1S/C11H18N4/c1-8-7-15-6-5-12-10(3)14(4)11(15)13-9(8)2/h7,11H,5-6H2,1-4H3. The van der Waals surface area contributed by atoms with Crippen molar-refractivity contribution >= 4 is 11.5 Å². The van der Waals surface area contributed by atoms with E-state index in [1.54, 1.807) is 0 Å². The Morgan fingerprint density at radius 3 is 2.80 bits per heavy atom. The summed E-state index contributed by atoms with van der Waals surface area (Å²) in [5.41, 5.74) is 2.37. The molecule has 0 fully saturated rings. The summed E-state index contributed by atoms with van der Waals surface area (Å²) in [4.78, 5) is 13.6. The minimum absolute atomic E-state index is 0.0972. The molecule has 2 aliphatic heterocycles. The molecule has 0 aromatic carbocycles.